The molecule has 0 saturated carbocycles. The summed E-state index contributed by atoms with van der Waals surface area (Å²) in [6.45, 7) is 52.2. The molecule has 1 aromatic carbocycles. The second-order valence-electron chi connectivity index (χ2n) is 21.7. The molecule has 7 heteroatoms. The summed E-state index contributed by atoms with van der Waals surface area (Å²) in [5.41, 5.74) is 6.03. The summed E-state index contributed by atoms with van der Waals surface area (Å²) in [6, 6.07) is 5.29. The van der Waals surface area contributed by atoms with Crippen LogP contribution in [0.5, 0.6) is 0 Å². The molecule has 0 fully saturated rings. The van der Waals surface area contributed by atoms with Crippen molar-refractivity contribution in [3.8, 4) is 0 Å². The van der Waals surface area contributed by atoms with Crippen LogP contribution in [-0.4, -0.2) is 87.5 Å². The van der Waals surface area contributed by atoms with Crippen LogP contribution in [0.3, 0.4) is 0 Å². The quantitative estimate of drug-likeness (QED) is 0.250. The average molecular weight is 910 g/mol. The maximum atomic E-state index is 2.64. The van der Waals surface area contributed by atoms with E-state index in [1.165, 1.54) is 0 Å². The van der Waals surface area contributed by atoms with Crippen LogP contribution in [0.4, 0.5) is 0 Å². The van der Waals surface area contributed by atoms with Crippen molar-refractivity contribution in [1.82, 2.24) is 0 Å². The zero-order valence-electron chi connectivity index (χ0n) is 35.9. The van der Waals surface area contributed by atoms with Gasteiger partial charge in [0.05, 0.1) is 0 Å². The maximum absolute atomic E-state index is 2.64. The Bertz CT molecular complexity index is 1310. The molecule has 5 radical (unpaired) electrons. The molecule has 0 unspecified atom stereocenters. The van der Waals surface area contributed by atoms with E-state index in [2.05, 4.69) is 216 Å². The van der Waals surface area contributed by atoms with E-state index in [4.69, 9.17) is 0 Å². The van der Waals surface area contributed by atoms with Gasteiger partial charge in [-0.25, -0.2) is 0 Å². The molecule has 0 N–H and O–H groups in total. The number of benzene rings is 1. The molecule has 3 rings (SSSR count). The van der Waals surface area contributed by atoms with Crippen molar-refractivity contribution >= 4 is 91.9 Å². The third-order valence-electron chi connectivity index (χ3n) is 9.19. The third-order valence-corrected chi connectivity index (χ3v) is 35.6. The number of hydrogen-bond donors (Lipinski definition) is 0. The van der Waals surface area contributed by atoms with Crippen molar-refractivity contribution < 1.29 is 0 Å². The van der Waals surface area contributed by atoms with Gasteiger partial charge in [-0.05, 0) is 0 Å². The molecule has 0 amide bonds. The number of allylic oxidation sites excluding steroid dienone is 6. The Morgan fingerprint density at radius 2 is 0.755 bits per heavy atom. The zero-order valence-corrected chi connectivity index (χ0v) is 46.2. The molecule has 0 aromatic heterocycles. The molecule has 0 spiro atoms. The van der Waals surface area contributed by atoms with E-state index in [1.807, 2.05) is 0 Å². The topological polar surface area (TPSA) is 0 Å². The van der Waals surface area contributed by atoms with E-state index in [9.17, 15) is 0 Å². The van der Waals surface area contributed by atoms with Crippen LogP contribution in [0.2, 0.25) is 78.6 Å². The van der Waals surface area contributed by atoms with Crippen LogP contribution in [0, 0.1) is 10.8 Å². The summed E-state index contributed by atoms with van der Waals surface area (Å²) in [6.07, 6.45) is 13.2. The van der Waals surface area contributed by atoms with Crippen LogP contribution in [0.1, 0.15) is 89.3 Å². The Hall–Kier alpha value is 0.416. The Balaban J connectivity index is 0.000000481. The average Bonchev–Trinajstić information content (AvgIpc) is 2.88. The Morgan fingerprint density at radius 3 is 0.918 bits per heavy atom. The molecule has 0 aliphatic carbocycles. The molecule has 2 aliphatic rings. The molecule has 1 aromatic rings. The molecule has 0 bridgehead atoms. The van der Waals surface area contributed by atoms with E-state index in [-0.39, 0.29) is 35.4 Å². The first-order valence-electron chi connectivity index (χ1n) is 18.5. The van der Waals surface area contributed by atoms with Crippen LogP contribution >= 0.6 is 0 Å². The molecule has 0 saturated heterocycles. The predicted octanol–water partition coefficient (Wildman–Crippen LogP) is 11.4. The summed E-state index contributed by atoms with van der Waals surface area (Å²) in [7, 11) is -5.37. The first-order valence-corrected chi connectivity index (χ1v) is 38.4. The van der Waals surface area contributed by atoms with Gasteiger partial charge < -0.3 is 0 Å². The molecule has 0 nitrogen and oxygen atoms in total. The van der Waals surface area contributed by atoms with Crippen molar-refractivity contribution in [2.45, 2.75) is 157 Å². The molecule has 271 valence electrons. The summed E-state index contributed by atoms with van der Waals surface area (Å²) in [4.78, 5) is 4.67. The van der Waals surface area contributed by atoms with E-state index >= 15 is 0 Å². The SMILES string of the molecule is CC(C)(C)[C]1=[Ge][CH]=CC=C1.CC(C)(C)[C]1=[Ge][CH]=CC=C1.CC(C)(C)c1cc(C([Si](C)(C)C)[Si](C)(C)C)[c]([Ge])c(C([Si](C)(C)C)[Si](C)(C)C)c1. The van der Waals surface area contributed by atoms with Crippen LogP contribution in [-0.2, 0) is 5.41 Å². The third kappa shape index (κ3) is 15.4. The fourth-order valence-electron chi connectivity index (χ4n) is 7.76. The van der Waals surface area contributed by atoms with Crippen molar-refractivity contribution in [2.24, 2.45) is 10.8 Å². The first-order chi connectivity index (χ1) is 21.7. The molecule has 0 atom stereocenters. The normalized spacial score (nSPS) is 15.8. The number of hydrogen-bond acceptors (Lipinski definition) is 0. The summed E-state index contributed by atoms with van der Waals surface area (Å²) < 4.78 is 4.95. The van der Waals surface area contributed by atoms with Gasteiger partial charge in [-0.15, -0.1) is 0 Å². The van der Waals surface area contributed by atoms with Crippen molar-refractivity contribution in [2.75, 3.05) is 0 Å². The Labute approximate surface area is 331 Å². The standard InChI is InChI=1S/C24H49GeSi4.2C9H13Ge/c1-24(2,3)18-16-19(22(26(4,5)6)27(7,8)9)21(25)20(17-18)23(28(10,11)12)29(13,14)15;2*1-9(2,3)8-6-4-5-7-10-8/h16-17,22-23H,1-15H3;2*4-7H,1-3H3. The summed E-state index contributed by atoms with van der Waals surface area (Å²) >= 11 is 2.65. The van der Waals surface area contributed by atoms with Gasteiger partial charge in [0, 0.05) is 0 Å². The van der Waals surface area contributed by atoms with E-state index < -0.39 is 32.3 Å². The number of rotatable bonds is 6. The fourth-order valence-corrected chi connectivity index (χ4v) is 39.6. The van der Waals surface area contributed by atoms with Gasteiger partial charge in [0.1, 0.15) is 0 Å². The van der Waals surface area contributed by atoms with Gasteiger partial charge >= 0.3 is 334 Å². The molecular weight excluding hydrogens is 835 g/mol. The summed E-state index contributed by atoms with van der Waals surface area (Å²) in [5.74, 6) is 0. The summed E-state index contributed by atoms with van der Waals surface area (Å²) in [5, 5.41) is 1.61. The van der Waals surface area contributed by atoms with E-state index in [0.29, 0.717) is 10.8 Å². The van der Waals surface area contributed by atoms with Gasteiger partial charge in [-0.2, -0.15) is 0 Å². The second-order valence-corrected chi connectivity index (χ2v) is 50.0. The van der Waals surface area contributed by atoms with Gasteiger partial charge in [-0.3, -0.25) is 0 Å². The molecule has 2 aliphatic heterocycles. The van der Waals surface area contributed by atoms with Crippen LogP contribution in [0.25, 0.3) is 0 Å². The van der Waals surface area contributed by atoms with Crippen LogP contribution in [0.15, 0.2) is 58.4 Å². The van der Waals surface area contributed by atoms with E-state index in [1.54, 1.807) is 29.8 Å². The van der Waals surface area contributed by atoms with Gasteiger partial charge in [0.2, 0.25) is 0 Å². The van der Waals surface area contributed by atoms with Gasteiger partial charge in [0.15, 0.2) is 0 Å². The zero-order chi connectivity index (χ0) is 38.6. The predicted molar refractivity (Wildman–Crippen MR) is 246 cm³/mol. The monoisotopic (exact) mass is 913 g/mol. The minimum absolute atomic E-state index is 0.0833. The minimum atomic E-state index is -1.34. The molecule has 49 heavy (non-hydrogen) atoms. The fraction of sp³-hybridized carbons (Fsp3) is 0.619. The Morgan fingerprint density at radius 1 is 0.469 bits per heavy atom. The van der Waals surface area contributed by atoms with Crippen LogP contribution < -0.4 is 4.40 Å². The van der Waals surface area contributed by atoms with Crippen molar-refractivity contribution in [3.05, 3.63) is 75.1 Å². The molecule has 2 heterocycles. The van der Waals surface area contributed by atoms with Gasteiger partial charge in [-0.1, -0.05) is 0 Å². The first kappa shape index (κ1) is 47.4. The van der Waals surface area contributed by atoms with E-state index in [0.717, 1.165) is 10.3 Å². The Kier molecular flexibility index (Phi) is 17.1. The second kappa shape index (κ2) is 17.7. The van der Waals surface area contributed by atoms with Crippen molar-refractivity contribution in [3.63, 3.8) is 0 Å². The van der Waals surface area contributed by atoms with Gasteiger partial charge in [0.25, 0.3) is 0 Å². The van der Waals surface area contributed by atoms with Crippen molar-refractivity contribution in [1.29, 1.82) is 0 Å². The molecular formula is C42H75Ge3Si4.